The van der Waals surface area contributed by atoms with Crippen molar-refractivity contribution in [2.45, 2.75) is 12.5 Å². The fourth-order valence-corrected chi connectivity index (χ4v) is 2.81. The summed E-state index contributed by atoms with van der Waals surface area (Å²) in [5.74, 6) is 0. The standard InChI is InChI=1S/C15H11Cl3N2/c16-11-8-12(17)15(13(18)9-11)20-14(6-7-19)10-4-2-1-3-5-10/h1-5,8-9,14,20H,6H2. The molecule has 0 spiro atoms. The van der Waals surface area contributed by atoms with Crippen molar-refractivity contribution in [1.82, 2.24) is 0 Å². The van der Waals surface area contributed by atoms with Gasteiger partial charge in [0.2, 0.25) is 0 Å². The molecular formula is C15H11Cl3N2. The Hall–Kier alpha value is -1.40. The summed E-state index contributed by atoms with van der Waals surface area (Å²) in [6, 6.07) is 14.9. The first-order chi connectivity index (χ1) is 9.61. The van der Waals surface area contributed by atoms with Gasteiger partial charge in [0.25, 0.3) is 0 Å². The van der Waals surface area contributed by atoms with E-state index in [0.717, 1.165) is 5.56 Å². The molecule has 0 aromatic heterocycles. The molecule has 1 N–H and O–H groups in total. The average Bonchev–Trinajstić information content (AvgIpc) is 2.42. The number of nitrogens with one attached hydrogen (secondary N) is 1. The molecular weight excluding hydrogens is 315 g/mol. The van der Waals surface area contributed by atoms with Crippen molar-refractivity contribution in [1.29, 1.82) is 5.26 Å². The van der Waals surface area contributed by atoms with Gasteiger partial charge in [-0.15, -0.1) is 0 Å². The smallest absolute Gasteiger partial charge is 0.0725 e. The molecule has 0 fully saturated rings. The van der Waals surface area contributed by atoms with Crippen LogP contribution in [0.1, 0.15) is 18.0 Å². The minimum absolute atomic E-state index is 0.183. The van der Waals surface area contributed by atoms with Gasteiger partial charge in [0, 0.05) is 5.02 Å². The average molecular weight is 326 g/mol. The monoisotopic (exact) mass is 324 g/mol. The molecule has 0 amide bonds. The fraction of sp³-hybridized carbons (Fsp3) is 0.133. The molecule has 2 aromatic carbocycles. The van der Waals surface area contributed by atoms with Crippen molar-refractivity contribution >= 4 is 40.5 Å². The van der Waals surface area contributed by atoms with Crippen LogP contribution in [0.2, 0.25) is 15.1 Å². The third-order valence-corrected chi connectivity index (χ3v) is 3.64. The minimum Gasteiger partial charge on any atom is -0.375 e. The van der Waals surface area contributed by atoms with Gasteiger partial charge >= 0.3 is 0 Å². The van der Waals surface area contributed by atoms with E-state index in [1.807, 2.05) is 30.3 Å². The zero-order valence-electron chi connectivity index (χ0n) is 10.4. The number of nitriles is 1. The van der Waals surface area contributed by atoms with Gasteiger partial charge in [0.05, 0.1) is 34.3 Å². The predicted octanol–water partition coefficient (Wildman–Crippen LogP) is 5.71. The highest BCUT2D eigenvalue weighted by Crippen LogP contribution is 2.36. The second-order valence-corrected chi connectivity index (χ2v) is 5.47. The highest BCUT2D eigenvalue weighted by atomic mass is 35.5. The van der Waals surface area contributed by atoms with Crippen molar-refractivity contribution in [3.8, 4) is 6.07 Å². The second-order valence-electron chi connectivity index (χ2n) is 4.21. The minimum atomic E-state index is -0.183. The maximum Gasteiger partial charge on any atom is 0.0725 e. The zero-order valence-corrected chi connectivity index (χ0v) is 12.7. The molecule has 0 saturated heterocycles. The van der Waals surface area contributed by atoms with E-state index in [4.69, 9.17) is 40.1 Å². The van der Waals surface area contributed by atoms with E-state index in [1.54, 1.807) is 12.1 Å². The van der Waals surface area contributed by atoms with E-state index in [0.29, 0.717) is 27.2 Å². The summed E-state index contributed by atoms with van der Waals surface area (Å²) in [6.45, 7) is 0. The van der Waals surface area contributed by atoms with Crippen LogP contribution in [0.5, 0.6) is 0 Å². The molecule has 20 heavy (non-hydrogen) atoms. The van der Waals surface area contributed by atoms with Crippen LogP contribution in [0.15, 0.2) is 42.5 Å². The van der Waals surface area contributed by atoms with Gasteiger partial charge in [-0.2, -0.15) is 5.26 Å². The summed E-state index contributed by atoms with van der Waals surface area (Å²) in [4.78, 5) is 0. The molecule has 1 atom stereocenters. The fourth-order valence-electron chi connectivity index (χ4n) is 1.88. The van der Waals surface area contributed by atoms with Crippen LogP contribution in [0, 0.1) is 11.3 Å². The van der Waals surface area contributed by atoms with Crippen LogP contribution >= 0.6 is 34.8 Å². The first kappa shape index (κ1) is 15.0. The third-order valence-electron chi connectivity index (χ3n) is 2.82. The molecule has 0 radical (unpaired) electrons. The second kappa shape index (κ2) is 6.85. The summed E-state index contributed by atoms with van der Waals surface area (Å²) in [7, 11) is 0. The Morgan fingerprint density at radius 1 is 1.05 bits per heavy atom. The predicted molar refractivity (Wildman–Crippen MR) is 84.5 cm³/mol. The van der Waals surface area contributed by atoms with Gasteiger partial charge in [-0.05, 0) is 17.7 Å². The van der Waals surface area contributed by atoms with Crippen molar-refractivity contribution in [3.63, 3.8) is 0 Å². The van der Waals surface area contributed by atoms with Crippen LogP contribution in [-0.4, -0.2) is 0 Å². The number of hydrogen-bond acceptors (Lipinski definition) is 2. The van der Waals surface area contributed by atoms with Crippen LogP contribution in [0.3, 0.4) is 0 Å². The molecule has 0 aliphatic carbocycles. The van der Waals surface area contributed by atoms with Crippen LogP contribution in [0.4, 0.5) is 5.69 Å². The largest absolute Gasteiger partial charge is 0.375 e. The molecule has 2 rings (SSSR count). The topological polar surface area (TPSA) is 35.8 Å². The highest BCUT2D eigenvalue weighted by molar-refractivity contribution is 6.41. The van der Waals surface area contributed by atoms with Gasteiger partial charge in [-0.25, -0.2) is 0 Å². The third kappa shape index (κ3) is 3.58. The Kier molecular flexibility index (Phi) is 5.14. The van der Waals surface area contributed by atoms with E-state index in [1.165, 1.54) is 0 Å². The normalized spacial score (nSPS) is 11.7. The van der Waals surface area contributed by atoms with E-state index in [2.05, 4.69) is 11.4 Å². The summed E-state index contributed by atoms with van der Waals surface area (Å²) >= 11 is 18.2. The molecule has 102 valence electrons. The number of anilines is 1. The van der Waals surface area contributed by atoms with E-state index in [9.17, 15) is 0 Å². The lowest BCUT2D eigenvalue weighted by Gasteiger charge is -2.19. The number of benzene rings is 2. The van der Waals surface area contributed by atoms with Gasteiger partial charge < -0.3 is 5.32 Å². The summed E-state index contributed by atoms with van der Waals surface area (Å²) < 4.78 is 0. The highest BCUT2D eigenvalue weighted by Gasteiger charge is 2.15. The molecule has 5 heteroatoms. The van der Waals surface area contributed by atoms with Crippen LogP contribution < -0.4 is 5.32 Å². The summed E-state index contributed by atoms with van der Waals surface area (Å²) in [6.07, 6.45) is 0.305. The van der Waals surface area contributed by atoms with Crippen molar-refractivity contribution in [3.05, 3.63) is 63.1 Å². The number of nitrogens with zero attached hydrogens (tertiary/aromatic N) is 1. The summed E-state index contributed by atoms with van der Waals surface area (Å²) in [5.41, 5.74) is 1.58. The molecule has 0 aliphatic rings. The Morgan fingerprint density at radius 2 is 1.65 bits per heavy atom. The Balaban J connectivity index is 2.33. The molecule has 0 heterocycles. The van der Waals surface area contributed by atoms with Crippen molar-refractivity contribution in [2.75, 3.05) is 5.32 Å². The van der Waals surface area contributed by atoms with Gasteiger partial charge in [-0.3, -0.25) is 0 Å². The lowest BCUT2D eigenvalue weighted by Crippen LogP contribution is -2.10. The van der Waals surface area contributed by atoms with E-state index < -0.39 is 0 Å². The van der Waals surface area contributed by atoms with Gasteiger partial charge in [0.15, 0.2) is 0 Å². The van der Waals surface area contributed by atoms with Crippen molar-refractivity contribution in [2.24, 2.45) is 0 Å². The van der Waals surface area contributed by atoms with Gasteiger partial charge in [-0.1, -0.05) is 65.1 Å². The number of hydrogen-bond donors (Lipinski definition) is 1. The molecule has 0 aliphatic heterocycles. The lowest BCUT2D eigenvalue weighted by molar-refractivity contribution is 0.806. The quantitative estimate of drug-likeness (QED) is 0.781. The number of halogens is 3. The summed E-state index contributed by atoms with van der Waals surface area (Å²) in [5, 5.41) is 13.5. The molecule has 2 nitrogen and oxygen atoms in total. The van der Waals surface area contributed by atoms with Crippen molar-refractivity contribution < 1.29 is 0 Å². The SMILES string of the molecule is N#CCC(Nc1c(Cl)cc(Cl)cc1Cl)c1ccccc1. The Morgan fingerprint density at radius 3 is 2.20 bits per heavy atom. The zero-order chi connectivity index (χ0) is 14.5. The molecule has 1 unspecified atom stereocenters. The first-order valence-electron chi connectivity index (χ1n) is 5.95. The lowest BCUT2D eigenvalue weighted by atomic mass is 10.0. The van der Waals surface area contributed by atoms with E-state index in [-0.39, 0.29) is 6.04 Å². The maximum absolute atomic E-state index is 8.98. The maximum atomic E-state index is 8.98. The number of rotatable bonds is 4. The Bertz CT molecular complexity index is 612. The van der Waals surface area contributed by atoms with Crippen LogP contribution in [0.25, 0.3) is 0 Å². The first-order valence-corrected chi connectivity index (χ1v) is 7.08. The molecule has 0 bridgehead atoms. The Labute approximate surface area is 132 Å². The molecule has 0 saturated carbocycles. The van der Waals surface area contributed by atoms with E-state index >= 15 is 0 Å². The van der Waals surface area contributed by atoms with Gasteiger partial charge in [0.1, 0.15) is 0 Å². The van der Waals surface area contributed by atoms with Crippen LogP contribution in [-0.2, 0) is 0 Å². The molecule has 2 aromatic rings.